The van der Waals surface area contributed by atoms with Gasteiger partial charge in [-0.15, -0.1) is 0 Å². The molecule has 0 heterocycles. The van der Waals surface area contributed by atoms with Gasteiger partial charge in [0.15, 0.2) is 5.60 Å². The summed E-state index contributed by atoms with van der Waals surface area (Å²) in [6.45, 7) is 0.207. The second kappa shape index (κ2) is 7.81. The van der Waals surface area contributed by atoms with Crippen molar-refractivity contribution in [3.05, 3.63) is 71.8 Å². The quantitative estimate of drug-likeness (QED) is 0.784. The van der Waals surface area contributed by atoms with Crippen molar-refractivity contribution in [3.8, 4) is 0 Å². The topological polar surface area (TPSA) is 69.6 Å². The van der Waals surface area contributed by atoms with Gasteiger partial charge in [-0.3, -0.25) is 4.79 Å². The molecule has 132 valence electrons. The van der Waals surface area contributed by atoms with E-state index in [4.69, 9.17) is 0 Å². The summed E-state index contributed by atoms with van der Waals surface area (Å²) in [7, 11) is 0. The fourth-order valence-electron chi connectivity index (χ4n) is 3.57. The summed E-state index contributed by atoms with van der Waals surface area (Å²) in [6.07, 6.45) is 3.46. The molecule has 1 fully saturated rings. The number of aliphatic hydroxyl groups excluding tert-OH is 1. The van der Waals surface area contributed by atoms with Gasteiger partial charge in [-0.2, -0.15) is 0 Å². The van der Waals surface area contributed by atoms with Crippen LogP contribution in [0.5, 0.6) is 0 Å². The van der Waals surface area contributed by atoms with E-state index in [1.165, 1.54) is 0 Å². The van der Waals surface area contributed by atoms with Crippen molar-refractivity contribution in [2.75, 3.05) is 6.61 Å². The normalized spacial score (nSPS) is 20.9. The number of nitrogens with one attached hydrogen (secondary N) is 1. The van der Waals surface area contributed by atoms with E-state index in [1.54, 1.807) is 24.3 Å². The number of amides is 1. The minimum Gasteiger partial charge on any atom is -0.396 e. The molecule has 0 aliphatic heterocycles. The standard InChI is InChI=1S/C21H25NO3/c23-15-16-11-13-19(14-12-16)22-20(24)21(25,17-7-3-1-4-8-17)18-9-5-2-6-10-18/h1-10,16,19,23,25H,11-15H2,(H,22,24). The van der Waals surface area contributed by atoms with Crippen molar-refractivity contribution < 1.29 is 15.0 Å². The third-order valence-corrected chi connectivity index (χ3v) is 5.15. The third kappa shape index (κ3) is 3.75. The van der Waals surface area contributed by atoms with Gasteiger partial charge in [0.05, 0.1) is 0 Å². The van der Waals surface area contributed by atoms with E-state index in [0.29, 0.717) is 17.0 Å². The highest BCUT2D eigenvalue weighted by Gasteiger charge is 2.40. The van der Waals surface area contributed by atoms with Crippen LogP contribution in [-0.4, -0.2) is 28.8 Å². The van der Waals surface area contributed by atoms with Crippen LogP contribution in [0.2, 0.25) is 0 Å². The third-order valence-electron chi connectivity index (χ3n) is 5.15. The van der Waals surface area contributed by atoms with Gasteiger partial charge in [0.1, 0.15) is 0 Å². The molecule has 0 saturated heterocycles. The van der Waals surface area contributed by atoms with Crippen LogP contribution < -0.4 is 5.32 Å². The van der Waals surface area contributed by atoms with Gasteiger partial charge < -0.3 is 15.5 Å². The smallest absolute Gasteiger partial charge is 0.261 e. The Labute approximate surface area is 148 Å². The molecule has 4 nitrogen and oxygen atoms in total. The Hall–Kier alpha value is -2.17. The Morgan fingerprint density at radius 3 is 1.84 bits per heavy atom. The summed E-state index contributed by atoms with van der Waals surface area (Å²) < 4.78 is 0. The maximum absolute atomic E-state index is 13.1. The average molecular weight is 339 g/mol. The van der Waals surface area contributed by atoms with Crippen molar-refractivity contribution in [2.24, 2.45) is 5.92 Å². The predicted octanol–water partition coefficient (Wildman–Crippen LogP) is 2.59. The molecule has 1 aliphatic rings. The van der Waals surface area contributed by atoms with Crippen LogP contribution in [0.4, 0.5) is 0 Å². The number of carbonyl (C=O) groups is 1. The molecule has 1 saturated carbocycles. The first kappa shape index (κ1) is 17.6. The number of aliphatic hydroxyl groups is 2. The highest BCUT2D eigenvalue weighted by molar-refractivity contribution is 5.90. The second-order valence-corrected chi connectivity index (χ2v) is 6.82. The second-order valence-electron chi connectivity index (χ2n) is 6.82. The zero-order valence-corrected chi connectivity index (χ0v) is 14.3. The number of hydrogen-bond acceptors (Lipinski definition) is 3. The molecule has 0 atom stereocenters. The molecule has 3 rings (SSSR count). The first-order chi connectivity index (χ1) is 12.1. The van der Waals surface area contributed by atoms with Crippen LogP contribution in [0.15, 0.2) is 60.7 Å². The lowest BCUT2D eigenvalue weighted by molar-refractivity contribution is -0.137. The van der Waals surface area contributed by atoms with E-state index in [9.17, 15) is 15.0 Å². The summed E-state index contributed by atoms with van der Waals surface area (Å²) in [5.74, 6) is -0.0624. The lowest BCUT2D eigenvalue weighted by Gasteiger charge is -2.33. The fourth-order valence-corrected chi connectivity index (χ4v) is 3.57. The largest absolute Gasteiger partial charge is 0.396 e. The molecular formula is C21H25NO3. The van der Waals surface area contributed by atoms with Gasteiger partial charge in [-0.1, -0.05) is 60.7 Å². The Bertz CT molecular complexity index is 639. The molecule has 25 heavy (non-hydrogen) atoms. The van der Waals surface area contributed by atoms with Crippen LogP contribution in [0.25, 0.3) is 0 Å². The van der Waals surface area contributed by atoms with Crippen molar-refractivity contribution in [1.82, 2.24) is 5.32 Å². The Morgan fingerprint density at radius 2 is 1.40 bits per heavy atom. The SMILES string of the molecule is O=C(NC1CCC(CO)CC1)C(O)(c1ccccc1)c1ccccc1. The van der Waals surface area contributed by atoms with Crippen LogP contribution >= 0.6 is 0 Å². The van der Waals surface area contributed by atoms with E-state index in [0.717, 1.165) is 25.7 Å². The first-order valence-electron chi connectivity index (χ1n) is 8.90. The summed E-state index contributed by atoms with van der Waals surface area (Å²) in [6, 6.07) is 18.1. The number of carbonyl (C=O) groups excluding carboxylic acids is 1. The average Bonchev–Trinajstić information content (AvgIpc) is 2.69. The number of rotatable bonds is 5. The molecule has 2 aromatic carbocycles. The molecule has 1 amide bonds. The predicted molar refractivity (Wildman–Crippen MR) is 96.9 cm³/mol. The molecule has 0 spiro atoms. The van der Waals surface area contributed by atoms with E-state index in [1.807, 2.05) is 36.4 Å². The number of hydrogen-bond donors (Lipinski definition) is 3. The summed E-state index contributed by atoms with van der Waals surface area (Å²) >= 11 is 0. The highest BCUT2D eigenvalue weighted by Crippen LogP contribution is 2.31. The van der Waals surface area contributed by atoms with Gasteiger partial charge in [-0.25, -0.2) is 0 Å². The summed E-state index contributed by atoms with van der Waals surface area (Å²) in [4.78, 5) is 13.1. The molecule has 0 bridgehead atoms. The minimum absolute atomic E-state index is 0.0363. The van der Waals surface area contributed by atoms with E-state index < -0.39 is 11.5 Å². The molecule has 3 N–H and O–H groups in total. The fraction of sp³-hybridized carbons (Fsp3) is 0.381. The van der Waals surface area contributed by atoms with E-state index >= 15 is 0 Å². The lowest BCUT2D eigenvalue weighted by atomic mass is 9.83. The summed E-state index contributed by atoms with van der Waals surface area (Å²) in [5, 5.41) is 23.7. The van der Waals surface area contributed by atoms with E-state index in [-0.39, 0.29) is 12.6 Å². The number of benzene rings is 2. The Kier molecular flexibility index (Phi) is 5.51. The molecule has 4 heteroatoms. The molecule has 2 aromatic rings. The first-order valence-corrected chi connectivity index (χ1v) is 8.90. The minimum atomic E-state index is -1.71. The van der Waals surface area contributed by atoms with Crippen LogP contribution in [0.1, 0.15) is 36.8 Å². The lowest BCUT2D eigenvalue weighted by Crippen LogP contribution is -2.50. The van der Waals surface area contributed by atoms with Crippen molar-refractivity contribution >= 4 is 5.91 Å². The molecular weight excluding hydrogens is 314 g/mol. The maximum atomic E-state index is 13.1. The molecule has 0 aromatic heterocycles. The van der Waals surface area contributed by atoms with Crippen LogP contribution in [0.3, 0.4) is 0 Å². The zero-order chi connectivity index (χ0) is 17.7. The molecule has 0 unspecified atom stereocenters. The van der Waals surface area contributed by atoms with Gasteiger partial charge in [0.2, 0.25) is 0 Å². The van der Waals surface area contributed by atoms with Crippen LogP contribution in [0, 0.1) is 5.92 Å². The molecule has 1 aliphatic carbocycles. The van der Waals surface area contributed by atoms with Gasteiger partial charge >= 0.3 is 0 Å². The van der Waals surface area contributed by atoms with Gasteiger partial charge in [-0.05, 0) is 42.7 Å². The monoisotopic (exact) mass is 339 g/mol. The zero-order valence-electron chi connectivity index (χ0n) is 14.3. The highest BCUT2D eigenvalue weighted by atomic mass is 16.3. The maximum Gasteiger partial charge on any atom is 0.261 e. The summed E-state index contributed by atoms with van der Waals surface area (Å²) in [5.41, 5.74) is -0.596. The van der Waals surface area contributed by atoms with Crippen molar-refractivity contribution in [2.45, 2.75) is 37.3 Å². The van der Waals surface area contributed by atoms with Crippen molar-refractivity contribution in [3.63, 3.8) is 0 Å². The van der Waals surface area contributed by atoms with E-state index in [2.05, 4.69) is 5.32 Å². The molecule has 0 radical (unpaired) electrons. The Balaban J connectivity index is 1.84. The Morgan fingerprint density at radius 1 is 0.920 bits per heavy atom. The van der Waals surface area contributed by atoms with Crippen LogP contribution in [-0.2, 0) is 10.4 Å². The van der Waals surface area contributed by atoms with Gasteiger partial charge in [0.25, 0.3) is 5.91 Å². The van der Waals surface area contributed by atoms with Gasteiger partial charge in [0, 0.05) is 12.6 Å². The van der Waals surface area contributed by atoms with Crippen molar-refractivity contribution in [1.29, 1.82) is 0 Å².